The summed E-state index contributed by atoms with van der Waals surface area (Å²) in [5.41, 5.74) is 5.18. The van der Waals surface area contributed by atoms with Gasteiger partial charge < -0.3 is 15.8 Å². The number of hydrazine groups is 1. The molecule has 0 aliphatic carbocycles. The van der Waals surface area contributed by atoms with E-state index in [9.17, 15) is 4.79 Å². The molecule has 6 nitrogen and oxygen atoms in total. The lowest BCUT2D eigenvalue weighted by Crippen LogP contribution is -2.39. The van der Waals surface area contributed by atoms with Crippen molar-refractivity contribution in [2.75, 3.05) is 26.2 Å². The molecule has 2 rings (SSSR count). The molecule has 0 amide bonds. The number of carbonyl (C=O) groups is 1. The number of esters is 1. The molecule has 5 N–H and O–H groups in total. The number of ether oxygens (including phenoxy) is 1. The molecule has 0 aromatic carbocycles. The van der Waals surface area contributed by atoms with Crippen LogP contribution in [0.15, 0.2) is 0 Å². The summed E-state index contributed by atoms with van der Waals surface area (Å²) in [6.07, 6.45) is 3.26. The summed E-state index contributed by atoms with van der Waals surface area (Å²) in [5, 5.41) is 4.87. The van der Waals surface area contributed by atoms with E-state index in [4.69, 9.17) is 16.3 Å². The Morgan fingerprint density at radius 3 is 2.40 bits per heavy atom. The van der Waals surface area contributed by atoms with E-state index in [1.165, 1.54) is 12.8 Å². The number of nitrogens with one attached hydrogen (secondary N) is 1. The maximum absolute atomic E-state index is 11.5. The molecule has 2 aliphatic heterocycles. The van der Waals surface area contributed by atoms with Crippen molar-refractivity contribution in [2.45, 2.75) is 51.7 Å². The summed E-state index contributed by atoms with van der Waals surface area (Å²) >= 11 is 0. The Morgan fingerprint density at radius 2 is 2.05 bits per heavy atom. The molecule has 118 valence electrons. The Morgan fingerprint density at radius 1 is 1.35 bits per heavy atom. The predicted molar refractivity (Wildman–Crippen MR) is 79.8 cm³/mol. The molecule has 2 aliphatic rings. The summed E-state index contributed by atoms with van der Waals surface area (Å²) in [6, 6.07) is 0.425. The largest absolute Gasteiger partial charge is 0.460 e. The highest BCUT2D eigenvalue weighted by Crippen LogP contribution is 2.18. The molecule has 0 bridgehead atoms. The first-order chi connectivity index (χ1) is 9.28. The van der Waals surface area contributed by atoms with Gasteiger partial charge in [0.2, 0.25) is 0 Å². The van der Waals surface area contributed by atoms with Crippen molar-refractivity contribution >= 4 is 5.97 Å². The van der Waals surface area contributed by atoms with Crippen molar-refractivity contribution in [3.63, 3.8) is 0 Å². The quantitative estimate of drug-likeness (QED) is 0.472. The Bertz CT molecular complexity index is 298. The average Bonchev–Trinajstić information content (AvgIpc) is 2.76. The van der Waals surface area contributed by atoms with Crippen molar-refractivity contribution in [3.8, 4) is 0 Å². The second kappa shape index (κ2) is 7.93. The minimum absolute atomic E-state index is 0.0378. The minimum Gasteiger partial charge on any atom is -0.460 e. The van der Waals surface area contributed by atoms with Crippen LogP contribution in [-0.4, -0.2) is 48.8 Å². The molecule has 2 heterocycles. The van der Waals surface area contributed by atoms with Gasteiger partial charge >= 0.3 is 5.97 Å². The van der Waals surface area contributed by atoms with Crippen LogP contribution in [-0.2, 0) is 9.53 Å². The van der Waals surface area contributed by atoms with Crippen LogP contribution in [0.3, 0.4) is 0 Å². The lowest BCUT2D eigenvalue weighted by Gasteiger charge is -2.21. The second-order valence-electron chi connectivity index (χ2n) is 6.62. The molecule has 0 aromatic heterocycles. The lowest BCUT2D eigenvalue weighted by molar-refractivity contribution is -0.159. The van der Waals surface area contributed by atoms with E-state index >= 15 is 0 Å². The summed E-state index contributed by atoms with van der Waals surface area (Å²) in [6.45, 7) is 9.20. The third-order valence-corrected chi connectivity index (χ3v) is 3.29. The van der Waals surface area contributed by atoms with Gasteiger partial charge in [-0.15, -0.1) is 0 Å². The van der Waals surface area contributed by atoms with Gasteiger partial charge in [0.25, 0.3) is 0 Å². The number of piperidine rings is 1. The molecule has 20 heavy (non-hydrogen) atoms. The highest BCUT2D eigenvalue weighted by atomic mass is 16.6. The van der Waals surface area contributed by atoms with Crippen LogP contribution in [0.25, 0.3) is 0 Å². The van der Waals surface area contributed by atoms with Crippen molar-refractivity contribution < 1.29 is 9.53 Å². The maximum Gasteiger partial charge on any atom is 0.310 e. The number of nitrogens with zero attached hydrogens (tertiary/aromatic N) is 1. The van der Waals surface area contributed by atoms with Crippen molar-refractivity contribution in [2.24, 2.45) is 17.5 Å². The zero-order chi connectivity index (χ0) is 15.2. The van der Waals surface area contributed by atoms with Gasteiger partial charge in [0, 0.05) is 25.7 Å². The van der Waals surface area contributed by atoms with Crippen LogP contribution in [0, 0.1) is 5.92 Å². The van der Waals surface area contributed by atoms with Gasteiger partial charge in [-0.1, -0.05) is 0 Å². The molecular formula is C14H30N4O2. The first kappa shape index (κ1) is 17.4. The number of hydrogen-bond donors (Lipinski definition) is 3. The number of carbonyl (C=O) groups excluding carboxylic acids is 1. The maximum atomic E-state index is 11.5. The zero-order valence-electron chi connectivity index (χ0n) is 13.0. The van der Waals surface area contributed by atoms with E-state index in [-0.39, 0.29) is 17.5 Å². The van der Waals surface area contributed by atoms with Crippen LogP contribution in [0.5, 0.6) is 0 Å². The van der Waals surface area contributed by atoms with Crippen LogP contribution in [0.4, 0.5) is 0 Å². The van der Waals surface area contributed by atoms with Crippen LogP contribution < -0.4 is 16.9 Å². The fraction of sp³-hybridized carbons (Fsp3) is 0.929. The Balaban J connectivity index is 0.000000240. The van der Waals surface area contributed by atoms with E-state index in [1.807, 2.05) is 20.8 Å². The van der Waals surface area contributed by atoms with E-state index in [0.717, 1.165) is 26.1 Å². The average molecular weight is 286 g/mol. The molecule has 6 heteroatoms. The van der Waals surface area contributed by atoms with E-state index in [2.05, 4.69) is 5.32 Å². The summed E-state index contributed by atoms with van der Waals surface area (Å²) in [7, 11) is 0. The van der Waals surface area contributed by atoms with Crippen LogP contribution >= 0.6 is 0 Å². The van der Waals surface area contributed by atoms with Gasteiger partial charge in [0.05, 0.1) is 5.92 Å². The topological polar surface area (TPSA) is 93.6 Å². The Labute approximate surface area is 122 Å². The van der Waals surface area contributed by atoms with Crippen LogP contribution in [0.1, 0.15) is 40.0 Å². The molecule has 2 atom stereocenters. The number of rotatable bonds is 1. The zero-order valence-corrected chi connectivity index (χ0v) is 13.0. The van der Waals surface area contributed by atoms with Crippen molar-refractivity contribution in [3.05, 3.63) is 0 Å². The minimum atomic E-state index is -0.390. The van der Waals surface area contributed by atoms with Gasteiger partial charge in [-0.2, -0.15) is 0 Å². The first-order valence-electron chi connectivity index (χ1n) is 7.47. The molecule has 2 saturated heterocycles. The van der Waals surface area contributed by atoms with E-state index < -0.39 is 0 Å². The summed E-state index contributed by atoms with van der Waals surface area (Å²) < 4.78 is 5.25. The Kier molecular flexibility index (Phi) is 6.88. The normalized spacial score (nSPS) is 27.6. The third kappa shape index (κ3) is 7.19. The SMILES string of the molecule is CC(C)(C)OC(=O)C1CCN(N)C1.NC1CCCNC1. The summed E-state index contributed by atoms with van der Waals surface area (Å²) in [5.74, 6) is 5.39. The monoisotopic (exact) mass is 286 g/mol. The molecule has 2 unspecified atom stereocenters. The molecule has 0 saturated carbocycles. The highest BCUT2D eigenvalue weighted by Gasteiger charge is 2.30. The van der Waals surface area contributed by atoms with Gasteiger partial charge in [0.1, 0.15) is 5.60 Å². The van der Waals surface area contributed by atoms with Gasteiger partial charge in [-0.25, -0.2) is 5.01 Å². The molecule has 2 fully saturated rings. The standard InChI is InChI=1S/C9H18N2O2.C5H12N2/c1-9(2,3)13-8(12)7-4-5-11(10)6-7;6-5-2-1-3-7-4-5/h7H,4-6,10H2,1-3H3;5,7H,1-4,6H2. The van der Waals surface area contributed by atoms with E-state index in [0.29, 0.717) is 12.6 Å². The highest BCUT2D eigenvalue weighted by molar-refractivity contribution is 5.73. The third-order valence-electron chi connectivity index (χ3n) is 3.29. The number of nitrogens with two attached hydrogens (primary N) is 2. The smallest absolute Gasteiger partial charge is 0.310 e. The fourth-order valence-electron chi connectivity index (χ4n) is 2.24. The fourth-order valence-corrected chi connectivity index (χ4v) is 2.24. The van der Waals surface area contributed by atoms with Gasteiger partial charge in [0.15, 0.2) is 0 Å². The molecule has 0 radical (unpaired) electrons. The van der Waals surface area contributed by atoms with Crippen molar-refractivity contribution in [1.29, 1.82) is 0 Å². The Hall–Kier alpha value is -0.690. The first-order valence-corrected chi connectivity index (χ1v) is 7.47. The molecule has 0 spiro atoms. The second-order valence-corrected chi connectivity index (χ2v) is 6.62. The molecular weight excluding hydrogens is 256 g/mol. The number of hydrogen-bond acceptors (Lipinski definition) is 6. The van der Waals surface area contributed by atoms with Gasteiger partial charge in [-0.3, -0.25) is 10.6 Å². The van der Waals surface area contributed by atoms with E-state index in [1.54, 1.807) is 5.01 Å². The van der Waals surface area contributed by atoms with Crippen molar-refractivity contribution in [1.82, 2.24) is 10.3 Å². The van der Waals surface area contributed by atoms with Gasteiger partial charge in [-0.05, 0) is 46.6 Å². The van der Waals surface area contributed by atoms with Crippen LogP contribution in [0.2, 0.25) is 0 Å². The molecule has 0 aromatic rings. The summed E-state index contributed by atoms with van der Waals surface area (Å²) in [4.78, 5) is 11.5. The lowest BCUT2D eigenvalue weighted by atomic mass is 10.1. The predicted octanol–water partition coefficient (Wildman–Crippen LogP) is 0.221.